The van der Waals surface area contributed by atoms with Crippen molar-refractivity contribution < 1.29 is 4.79 Å². The molecule has 8 heteroatoms. The van der Waals surface area contributed by atoms with Gasteiger partial charge in [-0.05, 0) is 74.3 Å². The van der Waals surface area contributed by atoms with E-state index in [0.717, 1.165) is 10.8 Å². The van der Waals surface area contributed by atoms with Gasteiger partial charge in [0.25, 0.3) is 5.56 Å². The molecule has 0 bridgehead atoms. The fraction of sp³-hybridized carbons (Fsp3) is 0.188. The van der Waals surface area contributed by atoms with Gasteiger partial charge >= 0.3 is 6.03 Å². The van der Waals surface area contributed by atoms with Crippen LogP contribution in [0.4, 0.5) is 10.5 Å². The van der Waals surface area contributed by atoms with Crippen LogP contribution < -0.4 is 10.9 Å². The van der Waals surface area contributed by atoms with Crippen molar-refractivity contribution in [2.24, 2.45) is 0 Å². The predicted octanol–water partition coefficient (Wildman–Crippen LogP) is 5.57. The second kappa shape index (κ2) is 11.4. The van der Waals surface area contributed by atoms with E-state index in [1.165, 1.54) is 0 Å². The molecule has 5 aromatic rings. The van der Waals surface area contributed by atoms with Gasteiger partial charge in [-0.2, -0.15) is 5.26 Å². The lowest BCUT2D eigenvalue weighted by Crippen LogP contribution is -2.43. The molecule has 0 radical (unpaired) electrons. The van der Waals surface area contributed by atoms with E-state index in [9.17, 15) is 14.9 Å². The Labute approximate surface area is 232 Å². The van der Waals surface area contributed by atoms with E-state index in [4.69, 9.17) is 4.98 Å². The lowest BCUT2D eigenvalue weighted by molar-refractivity contribution is 0.181. The highest BCUT2D eigenvalue weighted by Gasteiger charge is 2.27. The van der Waals surface area contributed by atoms with E-state index in [2.05, 4.69) is 11.4 Å². The molecule has 2 amide bonds. The van der Waals surface area contributed by atoms with Crippen LogP contribution in [-0.2, 0) is 0 Å². The second-order valence-corrected chi connectivity index (χ2v) is 9.95. The number of hydrogen-bond donors (Lipinski definition) is 1. The fourth-order valence-corrected chi connectivity index (χ4v) is 4.78. The first kappa shape index (κ1) is 26.6. The molecule has 0 saturated carbocycles. The van der Waals surface area contributed by atoms with Crippen molar-refractivity contribution in [2.45, 2.75) is 13.0 Å². The van der Waals surface area contributed by atoms with E-state index in [1.807, 2.05) is 86.6 Å². The summed E-state index contributed by atoms with van der Waals surface area (Å²) in [6.07, 6.45) is 0. The summed E-state index contributed by atoms with van der Waals surface area (Å²) >= 11 is 0. The van der Waals surface area contributed by atoms with Crippen LogP contribution in [0.2, 0.25) is 0 Å². The second-order valence-electron chi connectivity index (χ2n) is 9.95. The van der Waals surface area contributed by atoms with Crippen molar-refractivity contribution >= 4 is 33.4 Å². The van der Waals surface area contributed by atoms with E-state index in [1.54, 1.807) is 39.8 Å². The Morgan fingerprint density at radius 2 is 1.70 bits per heavy atom. The average Bonchev–Trinajstić information content (AvgIpc) is 2.96. The molecule has 1 N–H and O–H groups in total. The van der Waals surface area contributed by atoms with Crippen molar-refractivity contribution in [3.05, 3.63) is 113 Å². The quantitative estimate of drug-likeness (QED) is 0.297. The zero-order valence-electron chi connectivity index (χ0n) is 22.7. The zero-order chi connectivity index (χ0) is 28.2. The van der Waals surface area contributed by atoms with Gasteiger partial charge < -0.3 is 15.1 Å². The minimum Gasteiger partial charge on any atom is -0.313 e. The number of rotatable bonds is 7. The first-order valence-electron chi connectivity index (χ1n) is 13.1. The van der Waals surface area contributed by atoms with Crippen molar-refractivity contribution in [3.63, 3.8) is 0 Å². The van der Waals surface area contributed by atoms with Crippen LogP contribution >= 0.6 is 0 Å². The standard InChI is InChI=1S/C32H30N6O2/c1-22(37(18-17-36(2)3)32(40)34-26-12-8-9-23(19-26)21-33)30-35-29-14-7-6-13-28(29)31(39)38(30)27-16-15-24-10-4-5-11-25(24)20-27/h4-16,19-20,22H,17-18H2,1-3H3,(H,34,40). The molecular formula is C32H30N6O2. The van der Waals surface area contributed by atoms with Gasteiger partial charge in [-0.25, -0.2) is 9.78 Å². The number of urea groups is 1. The van der Waals surface area contributed by atoms with Gasteiger partial charge in [0.15, 0.2) is 0 Å². The molecule has 0 saturated heterocycles. The Hall–Kier alpha value is -5.00. The summed E-state index contributed by atoms with van der Waals surface area (Å²) in [6.45, 7) is 2.87. The number of hydrogen-bond acceptors (Lipinski definition) is 5. The predicted molar refractivity (Wildman–Crippen MR) is 159 cm³/mol. The van der Waals surface area contributed by atoms with Crippen molar-refractivity contribution in [3.8, 4) is 11.8 Å². The van der Waals surface area contributed by atoms with Gasteiger partial charge in [0.2, 0.25) is 0 Å². The number of carbonyl (C=O) groups is 1. The van der Waals surface area contributed by atoms with Gasteiger partial charge in [-0.15, -0.1) is 0 Å². The van der Waals surface area contributed by atoms with Gasteiger partial charge in [-0.3, -0.25) is 9.36 Å². The Balaban J connectivity index is 1.64. The Bertz CT molecular complexity index is 1800. The van der Waals surface area contributed by atoms with Crippen LogP contribution in [0.3, 0.4) is 0 Å². The van der Waals surface area contributed by atoms with Crippen LogP contribution in [0, 0.1) is 11.3 Å². The zero-order valence-corrected chi connectivity index (χ0v) is 22.7. The number of carbonyl (C=O) groups excluding carboxylic acids is 1. The maximum Gasteiger partial charge on any atom is 0.322 e. The normalized spacial score (nSPS) is 11.9. The van der Waals surface area contributed by atoms with Crippen LogP contribution in [0.1, 0.15) is 24.4 Å². The molecule has 5 rings (SSSR count). The van der Waals surface area contributed by atoms with Crippen molar-refractivity contribution in [2.75, 3.05) is 32.5 Å². The highest BCUT2D eigenvalue weighted by atomic mass is 16.2. The molecule has 0 spiro atoms. The largest absolute Gasteiger partial charge is 0.322 e. The third-order valence-corrected chi connectivity index (χ3v) is 6.93. The first-order valence-corrected chi connectivity index (χ1v) is 13.1. The number of benzene rings is 4. The monoisotopic (exact) mass is 530 g/mol. The third kappa shape index (κ3) is 5.41. The summed E-state index contributed by atoms with van der Waals surface area (Å²) in [4.78, 5) is 36.3. The maximum atomic E-state index is 14.0. The van der Waals surface area contributed by atoms with Gasteiger partial charge in [-0.1, -0.05) is 48.5 Å². The molecule has 0 fully saturated rings. The van der Waals surface area contributed by atoms with E-state index < -0.39 is 6.04 Å². The van der Waals surface area contributed by atoms with E-state index in [0.29, 0.717) is 46.8 Å². The summed E-state index contributed by atoms with van der Waals surface area (Å²) in [5.74, 6) is 0.457. The number of aromatic nitrogens is 2. The van der Waals surface area contributed by atoms with Gasteiger partial charge in [0.05, 0.1) is 34.3 Å². The number of likely N-dealkylation sites (N-methyl/N-ethyl adjacent to an activating group) is 1. The molecule has 1 heterocycles. The molecule has 4 aromatic carbocycles. The van der Waals surface area contributed by atoms with Crippen LogP contribution in [0.25, 0.3) is 27.4 Å². The van der Waals surface area contributed by atoms with Gasteiger partial charge in [0, 0.05) is 18.8 Å². The molecule has 1 unspecified atom stereocenters. The first-order chi connectivity index (χ1) is 19.4. The highest BCUT2D eigenvalue weighted by Crippen LogP contribution is 2.26. The number of anilines is 1. The SMILES string of the molecule is CC(c1nc2ccccc2c(=O)n1-c1ccc2ccccc2c1)N(CCN(C)C)C(=O)Nc1cccc(C#N)c1. The summed E-state index contributed by atoms with van der Waals surface area (Å²) in [5, 5.41) is 14.8. The van der Waals surface area contributed by atoms with Crippen molar-refractivity contribution in [1.82, 2.24) is 19.4 Å². The minimum absolute atomic E-state index is 0.197. The van der Waals surface area contributed by atoms with Crippen molar-refractivity contribution in [1.29, 1.82) is 5.26 Å². The fourth-order valence-electron chi connectivity index (χ4n) is 4.78. The lowest BCUT2D eigenvalue weighted by atomic mass is 10.1. The summed E-state index contributed by atoms with van der Waals surface area (Å²) in [6, 6.07) is 29.1. The number of nitrogens with zero attached hydrogens (tertiary/aromatic N) is 5. The molecule has 40 heavy (non-hydrogen) atoms. The van der Waals surface area contributed by atoms with E-state index >= 15 is 0 Å². The lowest BCUT2D eigenvalue weighted by Gasteiger charge is -2.31. The molecule has 1 atom stereocenters. The molecule has 1 aromatic heterocycles. The molecular weight excluding hydrogens is 500 g/mol. The molecule has 8 nitrogen and oxygen atoms in total. The number of nitriles is 1. The van der Waals surface area contributed by atoms with E-state index in [-0.39, 0.29) is 11.6 Å². The molecule has 200 valence electrons. The summed E-state index contributed by atoms with van der Waals surface area (Å²) in [5.41, 5.74) is 2.02. The maximum absolute atomic E-state index is 14.0. The number of amides is 2. The van der Waals surface area contributed by atoms with Crippen LogP contribution in [0.5, 0.6) is 0 Å². The molecule has 0 aliphatic heterocycles. The van der Waals surface area contributed by atoms with Gasteiger partial charge in [0.1, 0.15) is 5.82 Å². The number of para-hydroxylation sites is 1. The van der Waals surface area contributed by atoms with Crippen LogP contribution in [0.15, 0.2) is 95.8 Å². The average molecular weight is 531 g/mol. The van der Waals surface area contributed by atoms with Crippen LogP contribution in [-0.4, -0.2) is 52.6 Å². The topological polar surface area (TPSA) is 94.3 Å². The summed E-state index contributed by atoms with van der Waals surface area (Å²) < 4.78 is 1.62. The third-order valence-electron chi connectivity index (χ3n) is 6.93. The Kier molecular flexibility index (Phi) is 7.58. The molecule has 0 aliphatic carbocycles. The smallest absolute Gasteiger partial charge is 0.313 e. The molecule has 0 aliphatic rings. The number of nitrogens with one attached hydrogen (secondary N) is 1. The highest BCUT2D eigenvalue weighted by molar-refractivity contribution is 5.90. The number of fused-ring (bicyclic) bond motifs is 2. The Morgan fingerprint density at radius 1 is 0.950 bits per heavy atom. The minimum atomic E-state index is -0.567. The summed E-state index contributed by atoms with van der Waals surface area (Å²) in [7, 11) is 3.88. The Morgan fingerprint density at radius 3 is 2.48 bits per heavy atom.